The van der Waals surface area contributed by atoms with E-state index in [-0.39, 0.29) is 1.43 Å². The molecule has 1 aromatic rings. The van der Waals surface area contributed by atoms with Gasteiger partial charge in [-0.05, 0) is 50.8 Å². The Balaban J connectivity index is 0.00000115. The number of rotatable bonds is 4. The highest BCUT2D eigenvalue weighted by molar-refractivity contribution is 5.61. The van der Waals surface area contributed by atoms with Crippen LogP contribution in [0, 0.1) is 0 Å². The Bertz CT molecular complexity index is 409. The van der Waals surface area contributed by atoms with Crippen LogP contribution in [0.4, 0.5) is 5.69 Å². The van der Waals surface area contributed by atoms with Gasteiger partial charge in [-0.15, -0.1) is 13.2 Å². The van der Waals surface area contributed by atoms with Crippen molar-refractivity contribution in [3.8, 4) is 5.75 Å². The maximum absolute atomic E-state index is 5.32. The first-order chi connectivity index (χ1) is 9.11. The zero-order valence-electron chi connectivity index (χ0n) is 12.6. The standard InChI is InChI=1S/C14H22N2O.C2H4.H2/c1-15(2)8-7-11-10-16(3)14-6-5-12(17-4)9-13(11)14;1-2;/h5-6,9,11H,7-8,10H2,1-4H3;1-2H2;1H. The minimum absolute atomic E-state index is 0. The molecule has 0 spiro atoms. The third kappa shape index (κ3) is 3.74. The van der Waals surface area contributed by atoms with Crippen molar-refractivity contribution in [2.24, 2.45) is 0 Å². The van der Waals surface area contributed by atoms with Crippen molar-refractivity contribution in [2.45, 2.75) is 12.3 Å². The molecule has 0 N–H and O–H groups in total. The lowest BCUT2D eigenvalue weighted by Gasteiger charge is -2.15. The molecule has 0 saturated carbocycles. The minimum Gasteiger partial charge on any atom is -0.497 e. The van der Waals surface area contributed by atoms with Crippen LogP contribution in [-0.4, -0.2) is 46.2 Å². The highest BCUT2D eigenvalue weighted by Crippen LogP contribution is 2.39. The van der Waals surface area contributed by atoms with Crippen molar-refractivity contribution >= 4 is 5.69 Å². The van der Waals surface area contributed by atoms with Crippen molar-refractivity contribution in [3.63, 3.8) is 0 Å². The predicted molar refractivity (Wildman–Crippen MR) is 85.5 cm³/mol. The number of methoxy groups -OCH3 is 1. The van der Waals surface area contributed by atoms with E-state index in [1.807, 2.05) is 6.07 Å². The summed E-state index contributed by atoms with van der Waals surface area (Å²) in [4.78, 5) is 4.59. The van der Waals surface area contributed by atoms with E-state index in [9.17, 15) is 0 Å². The van der Waals surface area contributed by atoms with Crippen LogP contribution in [0.1, 0.15) is 19.3 Å². The summed E-state index contributed by atoms with van der Waals surface area (Å²) in [5, 5.41) is 0. The molecule has 1 aliphatic heterocycles. The van der Waals surface area contributed by atoms with E-state index in [1.54, 1.807) is 7.11 Å². The lowest BCUT2D eigenvalue weighted by Crippen LogP contribution is -2.19. The molecule has 19 heavy (non-hydrogen) atoms. The van der Waals surface area contributed by atoms with Crippen LogP contribution in [0.25, 0.3) is 0 Å². The van der Waals surface area contributed by atoms with Gasteiger partial charge in [0.05, 0.1) is 7.11 Å². The summed E-state index contributed by atoms with van der Waals surface area (Å²) in [7, 11) is 8.16. The molecule has 0 aliphatic carbocycles. The van der Waals surface area contributed by atoms with Crippen LogP contribution in [0.15, 0.2) is 31.4 Å². The smallest absolute Gasteiger partial charge is 0.119 e. The molecule has 1 unspecified atom stereocenters. The Kier molecular flexibility index (Phi) is 5.90. The Labute approximate surface area is 119 Å². The Hall–Kier alpha value is -1.48. The number of ether oxygens (including phenoxy) is 1. The van der Waals surface area contributed by atoms with E-state index in [0.29, 0.717) is 5.92 Å². The first kappa shape index (κ1) is 15.6. The highest BCUT2D eigenvalue weighted by atomic mass is 16.5. The van der Waals surface area contributed by atoms with Gasteiger partial charge >= 0.3 is 0 Å². The highest BCUT2D eigenvalue weighted by Gasteiger charge is 2.26. The van der Waals surface area contributed by atoms with E-state index < -0.39 is 0 Å². The second kappa shape index (κ2) is 7.19. The minimum atomic E-state index is 0. The molecule has 1 aromatic carbocycles. The van der Waals surface area contributed by atoms with E-state index in [4.69, 9.17) is 4.74 Å². The fraction of sp³-hybridized carbons (Fsp3) is 0.500. The largest absolute Gasteiger partial charge is 0.497 e. The summed E-state index contributed by atoms with van der Waals surface area (Å²) in [6.45, 7) is 8.26. The second-order valence-electron chi connectivity index (χ2n) is 5.09. The van der Waals surface area contributed by atoms with Crippen LogP contribution >= 0.6 is 0 Å². The second-order valence-corrected chi connectivity index (χ2v) is 5.09. The molecule has 1 heterocycles. The first-order valence-corrected chi connectivity index (χ1v) is 6.65. The Morgan fingerprint density at radius 1 is 1.42 bits per heavy atom. The molecule has 2 rings (SSSR count). The van der Waals surface area contributed by atoms with Gasteiger partial charge in [-0.2, -0.15) is 0 Å². The molecular weight excluding hydrogens is 236 g/mol. The third-order valence-corrected chi connectivity index (χ3v) is 3.50. The Morgan fingerprint density at radius 3 is 2.68 bits per heavy atom. The fourth-order valence-corrected chi connectivity index (χ4v) is 2.52. The van der Waals surface area contributed by atoms with Gasteiger partial charge in [0, 0.05) is 26.6 Å². The van der Waals surface area contributed by atoms with Gasteiger partial charge in [0.1, 0.15) is 5.75 Å². The first-order valence-electron chi connectivity index (χ1n) is 6.65. The van der Waals surface area contributed by atoms with Crippen LogP contribution < -0.4 is 9.64 Å². The number of anilines is 1. The molecule has 108 valence electrons. The van der Waals surface area contributed by atoms with Crippen molar-refractivity contribution < 1.29 is 6.16 Å². The van der Waals surface area contributed by atoms with Crippen LogP contribution in [0.5, 0.6) is 5.75 Å². The molecule has 0 amide bonds. The molecule has 0 bridgehead atoms. The quantitative estimate of drug-likeness (QED) is 0.777. The molecule has 3 nitrogen and oxygen atoms in total. The van der Waals surface area contributed by atoms with E-state index in [0.717, 1.165) is 18.8 Å². The van der Waals surface area contributed by atoms with Gasteiger partial charge in [-0.25, -0.2) is 0 Å². The summed E-state index contributed by atoms with van der Waals surface area (Å²) in [5.74, 6) is 1.60. The van der Waals surface area contributed by atoms with Crippen molar-refractivity contribution in [2.75, 3.05) is 46.2 Å². The number of benzene rings is 1. The average molecular weight is 264 g/mol. The normalized spacial score (nSPS) is 16.9. The van der Waals surface area contributed by atoms with E-state index >= 15 is 0 Å². The lowest BCUT2D eigenvalue weighted by molar-refractivity contribution is 0.383. The van der Waals surface area contributed by atoms with Gasteiger partial charge in [0.2, 0.25) is 0 Å². The van der Waals surface area contributed by atoms with Crippen molar-refractivity contribution in [3.05, 3.63) is 36.9 Å². The predicted octanol–water partition coefficient (Wildman–Crippen LogP) is 3.23. The number of likely N-dealkylation sites (N-methyl/N-ethyl adjacent to an activating group) is 1. The van der Waals surface area contributed by atoms with Gasteiger partial charge in [-0.1, -0.05) is 0 Å². The summed E-state index contributed by atoms with van der Waals surface area (Å²) in [5.41, 5.74) is 2.79. The van der Waals surface area contributed by atoms with Gasteiger partial charge in [0.25, 0.3) is 0 Å². The van der Waals surface area contributed by atoms with Crippen LogP contribution in [0.3, 0.4) is 0 Å². The molecule has 1 atom stereocenters. The molecule has 0 aromatic heterocycles. The molecule has 3 heteroatoms. The maximum atomic E-state index is 5.32. The molecule has 0 radical (unpaired) electrons. The number of hydrogen-bond donors (Lipinski definition) is 0. The summed E-state index contributed by atoms with van der Waals surface area (Å²) < 4.78 is 5.32. The zero-order valence-corrected chi connectivity index (χ0v) is 12.6. The van der Waals surface area contributed by atoms with Gasteiger partial charge < -0.3 is 14.5 Å². The summed E-state index contributed by atoms with van der Waals surface area (Å²) in [6, 6.07) is 6.41. The number of hydrogen-bond acceptors (Lipinski definition) is 3. The average Bonchev–Trinajstić information content (AvgIpc) is 2.75. The molecular formula is C16H28N2O. The molecule has 0 saturated heterocycles. The van der Waals surface area contributed by atoms with Gasteiger partial charge in [0.15, 0.2) is 0 Å². The number of nitrogens with zero attached hydrogens (tertiary/aromatic N) is 2. The number of fused-ring (bicyclic) bond motifs is 1. The fourth-order valence-electron chi connectivity index (χ4n) is 2.52. The summed E-state index contributed by atoms with van der Waals surface area (Å²) in [6.07, 6.45) is 1.21. The van der Waals surface area contributed by atoms with Crippen LogP contribution in [0.2, 0.25) is 0 Å². The monoisotopic (exact) mass is 264 g/mol. The van der Waals surface area contributed by atoms with E-state index in [1.165, 1.54) is 17.7 Å². The topological polar surface area (TPSA) is 15.7 Å². The maximum Gasteiger partial charge on any atom is 0.119 e. The van der Waals surface area contributed by atoms with Crippen LogP contribution in [-0.2, 0) is 0 Å². The lowest BCUT2D eigenvalue weighted by atomic mass is 9.97. The molecule has 1 aliphatic rings. The SMILES string of the molecule is C=C.COc1ccc2c(c1)C(CCN(C)C)CN2C.[HH]. The van der Waals surface area contributed by atoms with Crippen molar-refractivity contribution in [1.29, 1.82) is 0 Å². The van der Waals surface area contributed by atoms with Gasteiger partial charge in [-0.3, -0.25) is 0 Å². The zero-order chi connectivity index (χ0) is 14.4. The Morgan fingerprint density at radius 2 is 2.11 bits per heavy atom. The van der Waals surface area contributed by atoms with Crippen molar-refractivity contribution in [1.82, 2.24) is 4.90 Å². The molecule has 0 fully saturated rings. The summed E-state index contributed by atoms with van der Waals surface area (Å²) >= 11 is 0. The third-order valence-electron chi connectivity index (χ3n) is 3.50. The van der Waals surface area contributed by atoms with E-state index in [2.05, 4.69) is 56.2 Å².